The Bertz CT molecular complexity index is 400. The third kappa shape index (κ3) is 9.77. The van der Waals surface area contributed by atoms with Gasteiger partial charge in [-0.15, -0.1) is 0 Å². The van der Waals surface area contributed by atoms with Crippen molar-refractivity contribution in [2.75, 3.05) is 27.2 Å². The van der Waals surface area contributed by atoms with E-state index in [0.717, 1.165) is 11.0 Å². The molecule has 0 aromatic heterocycles. The summed E-state index contributed by atoms with van der Waals surface area (Å²) in [6.07, 6.45) is 0. The molecule has 0 aromatic carbocycles. The van der Waals surface area contributed by atoms with Crippen molar-refractivity contribution < 1.29 is 26.4 Å². The highest BCUT2D eigenvalue weighted by Gasteiger charge is 2.28. The van der Waals surface area contributed by atoms with Crippen molar-refractivity contribution >= 4 is 16.2 Å². The summed E-state index contributed by atoms with van der Waals surface area (Å²) in [4.78, 5) is 11.5. The largest absolute Gasteiger partial charge is 0.726 e. The second-order valence-corrected chi connectivity index (χ2v) is 5.78. The van der Waals surface area contributed by atoms with Crippen LogP contribution in [0.5, 0.6) is 0 Å². The van der Waals surface area contributed by atoms with Crippen LogP contribution < -0.4 is 0 Å². The van der Waals surface area contributed by atoms with Gasteiger partial charge in [-0.1, -0.05) is 6.58 Å². The first-order chi connectivity index (χ1) is 8.39. The van der Waals surface area contributed by atoms with E-state index in [9.17, 15) is 17.8 Å². The Morgan fingerprint density at radius 2 is 1.79 bits per heavy atom. The number of hydrogen-bond donors (Lipinski definition) is 0. The maximum atomic E-state index is 11.5. The third-order valence-corrected chi connectivity index (χ3v) is 3.45. The van der Waals surface area contributed by atoms with Crippen molar-refractivity contribution in [3.63, 3.8) is 0 Å². The summed E-state index contributed by atoms with van der Waals surface area (Å²) in [6, 6.07) is 0.0208. The van der Waals surface area contributed by atoms with E-state index < -0.39 is 10.4 Å². The van der Waals surface area contributed by atoms with Gasteiger partial charge in [0.25, 0.3) is 0 Å². The zero-order valence-corrected chi connectivity index (χ0v) is 13.4. The molecular weight excluding hydrogens is 270 g/mol. The second kappa shape index (κ2) is 8.42. The molecular formula is C12H25NO5S. The quantitative estimate of drug-likeness (QED) is 0.317. The Morgan fingerprint density at radius 3 is 1.95 bits per heavy atom. The number of nitrogens with zero attached hydrogens (tertiary/aromatic N) is 1. The first-order valence-corrected chi connectivity index (χ1v) is 7.35. The summed E-state index contributed by atoms with van der Waals surface area (Å²) in [5, 5.41) is 0. The van der Waals surface area contributed by atoms with Crippen molar-refractivity contribution in [1.82, 2.24) is 0 Å². The summed E-state index contributed by atoms with van der Waals surface area (Å²) in [7, 11) is -0.302. The van der Waals surface area contributed by atoms with Gasteiger partial charge in [0, 0.05) is 0 Å². The summed E-state index contributed by atoms with van der Waals surface area (Å²) < 4.78 is 32.7. The SMILES string of the molecule is C=C(C)C(=O)C(C)[N+](C)(C)CC.CCOS(=O)(=O)[O-]. The van der Waals surface area contributed by atoms with E-state index >= 15 is 0 Å². The van der Waals surface area contributed by atoms with Crippen molar-refractivity contribution in [3.8, 4) is 0 Å². The molecule has 0 aromatic rings. The normalized spacial score (nSPS) is 13.2. The lowest BCUT2D eigenvalue weighted by atomic mass is 10.1. The van der Waals surface area contributed by atoms with Crippen molar-refractivity contribution in [1.29, 1.82) is 0 Å². The fourth-order valence-electron chi connectivity index (χ4n) is 1.09. The van der Waals surface area contributed by atoms with Gasteiger partial charge in [-0.25, -0.2) is 8.42 Å². The van der Waals surface area contributed by atoms with Crippen LogP contribution in [0.4, 0.5) is 0 Å². The zero-order valence-electron chi connectivity index (χ0n) is 12.6. The van der Waals surface area contributed by atoms with Crippen molar-refractivity contribution in [2.45, 2.75) is 33.7 Å². The molecule has 6 nitrogen and oxygen atoms in total. The van der Waals surface area contributed by atoms with Gasteiger partial charge in [-0.2, -0.15) is 0 Å². The lowest BCUT2D eigenvalue weighted by Gasteiger charge is -2.33. The van der Waals surface area contributed by atoms with Crippen molar-refractivity contribution in [2.24, 2.45) is 0 Å². The Labute approximate surface area is 116 Å². The van der Waals surface area contributed by atoms with Crippen LogP contribution in [0.2, 0.25) is 0 Å². The average Bonchev–Trinajstić information content (AvgIpc) is 2.26. The molecule has 0 fully saturated rings. The summed E-state index contributed by atoms with van der Waals surface area (Å²) in [6.45, 7) is 11.8. The minimum Gasteiger partial charge on any atom is -0.726 e. The van der Waals surface area contributed by atoms with Crippen LogP contribution in [0, 0.1) is 0 Å². The monoisotopic (exact) mass is 295 g/mol. The van der Waals surface area contributed by atoms with Gasteiger partial charge in [0.2, 0.25) is 16.2 Å². The van der Waals surface area contributed by atoms with Gasteiger partial charge in [0.05, 0.1) is 27.2 Å². The standard InChI is InChI=1S/C10H20NO.C2H6O4S/c1-7-11(5,6)9(4)10(12)8(2)3;1-2-6-7(3,4)5/h9H,2,7H2,1,3-6H3;2H2,1H3,(H,3,4,5)/q+1;/p-1. The number of hydrogen-bond acceptors (Lipinski definition) is 5. The number of ketones is 1. The van der Waals surface area contributed by atoms with Gasteiger partial charge in [-0.3, -0.25) is 8.98 Å². The first kappa shape index (κ1) is 20.6. The minimum atomic E-state index is -4.42. The molecule has 0 amide bonds. The lowest BCUT2D eigenvalue weighted by molar-refractivity contribution is -0.901. The highest BCUT2D eigenvalue weighted by Crippen LogP contribution is 2.10. The Hall–Kier alpha value is -0.760. The van der Waals surface area contributed by atoms with Crippen LogP contribution in [0.25, 0.3) is 0 Å². The van der Waals surface area contributed by atoms with E-state index in [0.29, 0.717) is 5.57 Å². The Morgan fingerprint density at radius 1 is 1.37 bits per heavy atom. The van der Waals surface area contributed by atoms with Gasteiger partial charge in [0.1, 0.15) is 6.04 Å². The number of likely N-dealkylation sites (N-methyl/N-ethyl adjacent to an activating group) is 1. The van der Waals surface area contributed by atoms with Crippen LogP contribution in [-0.2, 0) is 19.4 Å². The van der Waals surface area contributed by atoms with E-state index in [2.05, 4.69) is 31.8 Å². The average molecular weight is 295 g/mol. The van der Waals surface area contributed by atoms with Gasteiger partial charge >= 0.3 is 0 Å². The van der Waals surface area contributed by atoms with E-state index in [1.807, 2.05) is 6.92 Å². The lowest BCUT2D eigenvalue weighted by Crippen LogP contribution is -2.51. The van der Waals surface area contributed by atoms with E-state index in [1.165, 1.54) is 6.92 Å². The van der Waals surface area contributed by atoms with Crippen LogP contribution >= 0.6 is 0 Å². The Balaban J connectivity index is 0. The summed E-state index contributed by atoms with van der Waals surface area (Å²) in [5.74, 6) is 0.168. The molecule has 0 heterocycles. The fourth-order valence-corrected chi connectivity index (χ4v) is 1.38. The van der Waals surface area contributed by atoms with Crippen LogP contribution in [0.15, 0.2) is 12.2 Å². The zero-order chi connectivity index (χ0) is 15.9. The molecule has 1 atom stereocenters. The molecule has 0 spiro atoms. The van der Waals surface area contributed by atoms with Gasteiger partial charge in [-0.05, 0) is 33.3 Å². The maximum absolute atomic E-state index is 11.5. The molecule has 0 saturated heterocycles. The Kier molecular flexibility index (Phi) is 9.11. The number of quaternary nitrogens is 1. The third-order valence-electron chi connectivity index (χ3n) is 2.93. The molecule has 0 aliphatic heterocycles. The molecule has 0 radical (unpaired) electrons. The highest BCUT2D eigenvalue weighted by molar-refractivity contribution is 7.80. The summed E-state index contributed by atoms with van der Waals surface area (Å²) in [5.41, 5.74) is 0.655. The smallest absolute Gasteiger partial charge is 0.217 e. The topological polar surface area (TPSA) is 83.5 Å². The molecule has 0 aliphatic carbocycles. The van der Waals surface area contributed by atoms with Crippen LogP contribution in [0.1, 0.15) is 27.7 Å². The highest BCUT2D eigenvalue weighted by atomic mass is 32.3. The molecule has 19 heavy (non-hydrogen) atoms. The first-order valence-electron chi connectivity index (χ1n) is 6.01. The maximum Gasteiger partial charge on any atom is 0.217 e. The van der Waals surface area contributed by atoms with E-state index in [1.54, 1.807) is 6.92 Å². The number of rotatable bonds is 6. The molecule has 0 N–H and O–H groups in total. The van der Waals surface area contributed by atoms with Crippen molar-refractivity contribution in [3.05, 3.63) is 12.2 Å². The predicted octanol–water partition coefficient (Wildman–Crippen LogP) is 1.10. The number of carbonyl (C=O) groups is 1. The number of Topliss-reactive ketones (excluding diaryl/α,β-unsaturated/α-hetero) is 1. The molecule has 7 heteroatoms. The van der Waals surface area contributed by atoms with Crippen LogP contribution in [-0.4, -0.2) is 56.5 Å². The predicted molar refractivity (Wildman–Crippen MR) is 73.3 cm³/mol. The molecule has 0 rings (SSSR count). The molecule has 0 aliphatic rings. The molecule has 114 valence electrons. The molecule has 0 bridgehead atoms. The molecule has 0 saturated carbocycles. The van der Waals surface area contributed by atoms with Gasteiger partial charge in [0.15, 0.2) is 0 Å². The second-order valence-electron chi connectivity index (χ2n) is 4.73. The van der Waals surface area contributed by atoms with Gasteiger partial charge < -0.3 is 9.04 Å². The summed E-state index contributed by atoms with van der Waals surface area (Å²) >= 11 is 0. The number of carbonyl (C=O) groups excluding carboxylic acids is 1. The van der Waals surface area contributed by atoms with Crippen LogP contribution in [0.3, 0.4) is 0 Å². The molecule has 1 unspecified atom stereocenters. The van der Waals surface area contributed by atoms with E-state index in [4.69, 9.17) is 0 Å². The fraction of sp³-hybridized carbons (Fsp3) is 0.750. The minimum absolute atomic E-state index is 0.0208. The van der Waals surface area contributed by atoms with E-state index in [-0.39, 0.29) is 18.4 Å².